The summed E-state index contributed by atoms with van der Waals surface area (Å²) in [6.07, 6.45) is 1.49. The van der Waals surface area contributed by atoms with Gasteiger partial charge in [0.2, 0.25) is 5.91 Å². The van der Waals surface area contributed by atoms with E-state index in [-0.39, 0.29) is 12.3 Å². The molecule has 3 heterocycles. The first kappa shape index (κ1) is 18.3. The number of carboxylic acids is 1. The maximum atomic E-state index is 11.8. The summed E-state index contributed by atoms with van der Waals surface area (Å²) in [5.41, 5.74) is 1.94. The molecule has 0 radical (unpaired) electrons. The number of carbonyl (C=O) groups is 2. The van der Waals surface area contributed by atoms with Crippen LogP contribution in [-0.4, -0.2) is 66.8 Å². The number of carboxylic acid groups (broad SMARTS) is 1. The number of amides is 1. The predicted octanol–water partition coefficient (Wildman–Crippen LogP) is 1.08. The van der Waals surface area contributed by atoms with Crippen LogP contribution in [0.1, 0.15) is 24.8 Å². The van der Waals surface area contributed by atoms with Crippen molar-refractivity contribution in [3.05, 3.63) is 29.8 Å². The molecule has 27 heavy (non-hydrogen) atoms. The van der Waals surface area contributed by atoms with Gasteiger partial charge in [-0.3, -0.25) is 14.5 Å². The number of morpholine rings is 1. The van der Waals surface area contributed by atoms with Crippen molar-refractivity contribution >= 4 is 17.6 Å². The van der Waals surface area contributed by atoms with E-state index in [1.807, 2.05) is 0 Å². The van der Waals surface area contributed by atoms with E-state index >= 15 is 0 Å². The third-order valence-corrected chi connectivity index (χ3v) is 6.18. The van der Waals surface area contributed by atoms with Crippen molar-refractivity contribution in [1.82, 2.24) is 10.2 Å². The SMILES string of the molecule is O=C1C[C@@H](C(=O)O)C2(CCN(Cc3cccc(N4CCOCC4)c3)CC2)N1. The van der Waals surface area contributed by atoms with Crippen LogP contribution < -0.4 is 10.2 Å². The summed E-state index contributed by atoms with van der Waals surface area (Å²) in [4.78, 5) is 28.1. The van der Waals surface area contributed by atoms with Crippen LogP contribution >= 0.6 is 0 Å². The highest BCUT2D eigenvalue weighted by atomic mass is 16.5. The summed E-state index contributed by atoms with van der Waals surface area (Å²) in [5.74, 6) is -1.59. The molecule has 2 N–H and O–H groups in total. The minimum Gasteiger partial charge on any atom is -0.481 e. The number of hydrogen-bond donors (Lipinski definition) is 2. The van der Waals surface area contributed by atoms with E-state index in [2.05, 4.69) is 39.4 Å². The van der Waals surface area contributed by atoms with Gasteiger partial charge in [-0.1, -0.05) is 12.1 Å². The number of carbonyl (C=O) groups excluding carboxylic acids is 1. The zero-order valence-electron chi connectivity index (χ0n) is 15.5. The van der Waals surface area contributed by atoms with Gasteiger partial charge < -0.3 is 20.1 Å². The monoisotopic (exact) mass is 373 g/mol. The molecule has 1 aromatic rings. The molecule has 1 atom stereocenters. The highest BCUT2D eigenvalue weighted by Crippen LogP contribution is 2.37. The lowest BCUT2D eigenvalue weighted by molar-refractivity contribution is -0.144. The van der Waals surface area contributed by atoms with Gasteiger partial charge in [-0.2, -0.15) is 0 Å². The summed E-state index contributed by atoms with van der Waals surface area (Å²) in [7, 11) is 0. The minimum atomic E-state index is -0.861. The first-order valence-electron chi connectivity index (χ1n) is 9.74. The van der Waals surface area contributed by atoms with Crippen molar-refractivity contribution in [2.24, 2.45) is 5.92 Å². The predicted molar refractivity (Wildman–Crippen MR) is 101 cm³/mol. The van der Waals surface area contributed by atoms with E-state index in [0.29, 0.717) is 12.8 Å². The second-order valence-corrected chi connectivity index (χ2v) is 7.84. The van der Waals surface area contributed by atoms with Gasteiger partial charge in [0, 0.05) is 44.8 Å². The van der Waals surface area contributed by atoms with E-state index < -0.39 is 17.4 Å². The lowest BCUT2D eigenvalue weighted by atomic mass is 9.77. The van der Waals surface area contributed by atoms with Crippen molar-refractivity contribution in [3.63, 3.8) is 0 Å². The van der Waals surface area contributed by atoms with Gasteiger partial charge in [0.1, 0.15) is 0 Å². The number of ether oxygens (including phenoxy) is 1. The van der Waals surface area contributed by atoms with Gasteiger partial charge in [0.05, 0.1) is 24.7 Å². The van der Waals surface area contributed by atoms with Crippen LogP contribution in [0.25, 0.3) is 0 Å². The summed E-state index contributed by atoms with van der Waals surface area (Å²) < 4.78 is 5.43. The maximum absolute atomic E-state index is 11.8. The Labute approximate surface area is 159 Å². The van der Waals surface area contributed by atoms with Gasteiger partial charge in [0.25, 0.3) is 0 Å². The van der Waals surface area contributed by atoms with Crippen LogP contribution in [0.4, 0.5) is 5.69 Å². The standard InChI is InChI=1S/C20H27N3O4/c24-18-13-17(19(25)26)20(21-18)4-6-22(7-5-20)14-15-2-1-3-16(12-15)23-8-10-27-11-9-23/h1-3,12,17H,4-11,13-14H2,(H,21,24)(H,25,26)/t17-/m0/s1. The lowest BCUT2D eigenvalue weighted by Crippen LogP contribution is -2.55. The number of benzene rings is 1. The Kier molecular flexibility index (Phi) is 5.06. The number of anilines is 1. The number of hydrogen-bond acceptors (Lipinski definition) is 5. The molecule has 3 fully saturated rings. The van der Waals surface area contributed by atoms with Gasteiger partial charge in [-0.25, -0.2) is 0 Å². The largest absolute Gasteiger partial charge is 0.481 e. The second kappa shape index (κ2) is 7.48. The molecule has 0 bridgehead atoms. The third-order valence-electron chi connectivity index (χ3n) is 6.18. The summed E-state index contributed by atoms with van der Waals surface area (Å²) in [6, 6.07) is 8.63. The first-order valence-corrected chi connectivity index (χ1v) is 9.74. The van der Waals surface area contributed by atoms with Crippen LogP contribution in [0.15, 0.2) is 24.3 Å². The molecule has 4 rings (SSSR count). The molecule has 3 aliphatic heterocycles. The number of rotatable bonds is 4. The fourth-order valence-corrected chi connectivity index (χ4v) is 4.64. The molecular weight excluding hydrogens is 346 g/mol. The van der Waals surface area contributed by atoms with Crippen molar-refractivity contribution in [3.8, 4) is 0 Å². The second-order valence-electron chi connectivity index (χ2n) is 7.84. The molecule has 0 unspecified atom stereocenters. The molecule has 3 aliphatic rings. The molecule has 0 aromatic heterocycles. The number of piperidine rings is 1. The fourth-order valence-electron chi connectivity index (χ4n) is 4.64. The van der Waals surface area contributed by atoms with E-state index in [1.54, 1.807) is 0 Å². The molecule has 7 nitrogen and oxygen atoms in total. The van der Waals surface area contributed by atoms with Crippen LogP contribution in [-0.2, 0) is 20.9 Å². The van der Waals surface area contributed by atoms with Crippen LogP contribution in [0, 0.1) is 5.92 Å². The highest BCUT2D eigenvalue weighted by Gasteiger charge is 2.51. The Morgan fingerprint density at radius 1 is 1.22 bits per heavy atom. The normalized spacial score (nSPS) is 25.6. The summed E-state index contributed by atoms with van der Waals surface area (Å²) in [5, 5.41) is 12.5. The lowest BCUT2D eigenvalue weighted by Gasteiger charge is -2.41. The van der Waals surface area contributed by atoms with Crippen molar-refractivity contribution in [2.45, 2.75) is 31.3 Å². The molecule has 146 valence electrons. The van der Waals surface area contributed by atoms with Crippen molar-refractivity contribution in [2.75, 3.05) is 44.3 Å². The van der Waals surface area contributed by atoms with E-state index in [0.717, 1.165) is 45.9 Å². The molecule has 3 saturated heterocycles. The van der Waals surface area contributed by atoms with Crippen molar-refractivity contribution < 1.29 is 19.4 Å². The molecule has 0 saturated carbocycles. The molecule has 7 heteroatoms. The van der Waals surface area contributed by atoms with Crippen LogP contribution in [0.3, 0.4) is 0 Å². The molecule has 0 aliphatic carbocycles. The van der Waals surface area contributed by atoms with Crippen molar-refractivity contribution in [1.29, 1.82) is 0 Å². The maximum Gasteiger partial charge on any atom is 0.309 e. The summed E-state index contributed by atoms with van der Waals surface area (Å²) in [6.45, 7) is 5.83. The number of likely N-dealkylation sites (tertiary alicyclic amines) is 1. The van der Waals surface area contributed by atoms with Gasteiger partial charge >= 0.3 is 5.97 Å². The number of aliphatic carboxylic acids is 1. The molecule has 1 amide bonds. The average molecular weight is 373 g/mol. The first-order chi connectivity index (χ1) is 13.1. The van der Waals surface area contributed by atoms with E-state index in [9.17, 15) is 14.7 Å². The smallest absolute Gasteiger partial charge is 0.309 e. The highest BCUT2D eigenvalue weighted by molar-refractivity contribution is 5.88. The van der Waals surface area contributed by atoms with E-state index in [1.165, 1.54) is 11.3 Å². The van der Waals surface area contributed by atoms with Gasteiger partial charge in [0.15, 0.2) is 0 Å². The molecular formula is C20H27N3O4. The zero-order valence-corrected chi connectivity index (χ0v) is 15.5. The van der Waals surface area contributed by atoms with Crippen LogP contribution in [0.5, 0.6) is 0 Å². The summed E-state index contributed by atoms with van der Waals surface area (Å²) >= 11 is 0. The average Bonchev–Trinajstić information content (AvgIpc) is 3.01. The topological polar surface area (TPSA) is 82.1 Å². The van der Waals surface area contributed by atoms with E-state index in [4.69, 9.17) is 4.74 Å². The third kappa shape index (κ3) is 3.80. The van der Waals surface area contributed by atoms with Gasteiger partial charge in [-0.05, 0) is 30.5 Å². The Morgan fingerprint density at radius 2 is 1.96 bits per heavy atom. The fraction of sp³-hybridized carbons (Fsp3) is 0.600. The quantitative estimate of drug-likeness (QED) is 0.822. The minimum absolute atomic E-state index is 0.108. The molecule has 1 spiro atoms. The Hall–Kier alpha value is -2.12. The number of nitrogens with zero attached hydrogens (tertiary/aromatic N) is 2. The van der Waals surface area contributed by atoms with Gasteiger partial charge in [-0.15, -0.1) is 0 Å². The molecule has 1 aromatic carbocycles. The Balaban J connectivity index is 1.38. The Bertz CT molecular complexity index is 709. The Morgan fingerprint density at radius 3 is 2.67 bits per heavy atom. The number of nitrogens with one attached hydrogen (secondary N) is 1. The zero-order chi connectivity index (χ0) is 18.9. The van der Waals surface area contributed by atoms with Crippen LogP contribution in [0.2, 0.25) is 0 Å².